The summed E-state index contributed by atoms with van der Waals surface area (Å²) < 4.78 is 9.20. The third-order valence-electron chi connectivity index (χ3n) is 2.26. The number of ether oxygens (including phenoxy) is 2. The Morgan fingerprint density at radius 1 is 1.20 bits per heavy atom. The maximum atomic E-state index is 11.3. The quantitative estimate of drug-likeness (QED) is 0.365. The molecule has 20 heavy (non-hydrogen) atoms. The van der Waals surface area contributed by atoms with Gasteiger partial charge in [0.05, 0.1) is 7.11 Å². The molecular formula is C12H21NO7. The largest absolute Gasteiger partial charge is 0.479 e. The van der Waals surface area contributed by atoms with Gasteiger partial charge in [-0.15, -0.1) is 0 Å². The third kappa shape index (κ3) is 5.87. The number of aliphatic carboxylic acids is 1. The lowest BCUT2D eigenvalue weighted by molar-refractivity contribution is -0.179. The second-order valence-electron chi connectivity index (χ2n) is 5.19. The van der Waals surface area contributed by atoms with Gasteiger partial charge in [-0.1, -0.05) is 0 Å². The number of carboxylic acid groups (broad SMARTS) is 1. The first-order valence-corrected chi connectivity index (χ1v) is 6.04. The smallest absolute Gasteiger partial charge is 0.407 e. The lowest BCUT2D eigenvalue weighted by Crippen LogP contribution is -2.47. The van der Waals surface area contributed by atoms with E-state index in [1.165, 1.54) is 0 Å². The average Bonchev–Trinajstić information content (AvgIpc) is 2.30. The Kier molecular flexibility index (Phi) is 6.44. The molecule has 0 fully saturated rings. The first-order chi connectivity index (χ1) is 9.03. The molecule has 0 heterocycles. The Labute approximate surface area is 117 Å². The Balaban J connectivity index is 4.25. The summed E-state index contributed by atoms with van der Waals surface area (Å²) in [6.45, 7) is 5.16. The fraction of sp³-hybridized carbons (Fsp3) is 0.750. The van der Waals surface area contributed by atoms with Crippen molar-refractivity contribution in [2.75, 3.05) is 13.7 Å². The monoisotopic (exact) mass is 291 g/mol. The van der Waals surface area contributed by atoms with Crippen LogP contribution in [0.3, 0.4) is 0 Å². The summed E-state index contributed by atoms with van der Waals surface area (Å²) in [4.78, 5) is 33.4. The maximum Gasteiger partial charge on any atom is 0.407 e. The van der Waals surface area contributed by atoms with Crippen molar-refractivity contribution < 1.29 is 34.1 Å². The molecule has 0 radical (unpaired) electrons. The van der Waals surface area contributed by atoms with Gasteiger partial charge in [-0.05, 0) is 33.6 Å². The number of rotatable bonds is 6. The molecule has 0 aromatic rings. The van der Waals surface area contributed by atoms with E-state index in [1.54, 1.807) is 20.8 Å². The van der Waals surface area contributed by atoms with Crippen LogP contribution in [0.15, 0.2) is 0 Å². The van der Waals surface area contributed by atoms with Gasteiger partial charge in [-0.2, -0.15) is 0 Å². The number of hydrogen-bond acceptors (Lipinski definition) is 6. The van der Waals surface area contributed by atoms with Crippen LogP contribution in [0.1, 0.15) is 33.6 Å². The molecule has 0 saturated heterocycles. The third-order valence-corrected chi connectivity index (χ3v) is 2.26. The number of alkyl carbamates (subject to hydrolysis) is 1. The molecular weight excluding hydrogens is 270 g/mol. The summed E-state index contributed by atoms with van der Waals surface area (Å²) in [6, 6.07) is 0. The van der Waals surface area contributed by atoms with Crippen molar-refractivity contribution >= 4 is 18.0 Å². The molecule has 8 heteroatoms. The number of hydrogen-bond donors (Lipinski definition) is 3. The van der Waals surface area contributed by atoms with Crippen LogP contribution in [-0.2, 0) is 19.1 Å². The predicted molar refractivity (Wildman–Crippen MR) is 68.1 cm³/mol. The van der Waals surface area contributed by atoms with Gasteiger partial charge >= 0.3 is 18.0 Å². The van der Waals surface area contributed by atoms with E-state index in [0.29, 0.717) is 0 Å². The molecule has 0 aliphatic rings. The Bertz CT molecular complexity index is 374. The van der Waals surface area contributed by atoms with Crippen LogP contribution in [0, 0.1) is 0 Å². The highest BCUT2D eigenvalue weighted by atomic mass is 16.6. The van der Waals surface area contributed by atoms with E-state index in [-0.39, 0.29) is 19.4 Å². The van der Waals surface area contributed by atoms with Crippen LogP contribution in [0.2, 0.25) is 0 Å². The van der Waals surface area contributed by atoms with E-state index >= 15 is 0 Å². The van der Waals surface area contributed by atoms with Crippen molar-refractivity contribution in [3.8, 4) is 0 Å². The van der Waals surface area contributed by atoms with Crippen molar-refractivity contribution in [3.05, 3.63) is 0 Å². The minimum Gasteiger partial charge on any atom is -0.479 e. The number of carbonyl (C=O) groups is 3. The SMILES string of the molecule is COC(=O)C(O)(CCCNC(=O)OC(C)(C)C)C(=O)O. The lowest BCUT2D eigenvalue weighted by Gasteiger charge is -2.21. The Morgan fingerprint density at radius 2 is 1.75 bits per heavy atom. The van der Waals surface area contributed by atoms with E-state index in [0.717, 1.165) is 7.11 Å². The Hall–Kier alpha value is -1.83. The molecule has 0 aromatic carbocycles. The van der Waals surface area contributed by atoms with Crippen LogP contribution < -0.4 is 5.32 Å². The summed E-state index contributed by atoms with van der Waals surface area (Å²) in [5, 5.41) is 20.9. The van der Waals surface area contributed by atoms with Gasteiger partial charge in [0.1, 0.15) is 5.60 Å². The highest BCUT2D eigenvalue weighted by molar-refractivity contribution is 6.02. The van der Waals surface area contributed by atoms with Crippen LogP contribution in [0.4, 0.5) is 4.79 Å². The summed E-state index contributed by atoms with van der Waals surface area (Å²) in [6.07, 6.45) is -0.975. The zero-order valence-electron chi connectivity index (χ0n) is 12.1. The predicted octanol–water partition coefficient (Wildman–Crippen LogP) is 0.280. The van der Waals surface area contributed by atoms with Crippen molar-refractivity contribution in [1.82, 2.24) is 5.32 Å². The fourth-order valence-corrected chi connectivity index (χ4v) is 1.31. The molecule has 0 aliphatic heterocycles. The molecule has 0 aliphatic carbocycles. The minimum absolute atomic E-state index is 0.0570. The fourth-order valence-electron chi connectivity index (χ4n) is 1.31. The highest BCUT2D eigenvalue weighted by Gasteiger charge is 2.45. The lowest BCUT2D eigenvalue weighted by atomic mass is 9.98. The minimum atomic E-state index is -2.61. The van der Waals surface area contributed by atoms with Gasteiger partial charge in [0.2, 0.25) is 0 Å². The number of aliphatic hydroxyl groups is 1. The van der Waals surface area contributed by atoms with Crippen LogP contribution in [-0.4, -0.2) is 53.1 Å². The summed E-state index contributed by atoms with van der Waals surface area (Å²) >= 11 is 0. The average molecular weight is 291 g/mol. The van der Waals surface area contributed by atoms with Crippen molar-refractivity contribution in [3.63, 3.8) is 0 Å². The number of esters is 1. The molecule has 1 amide bonds. The van der Waals surface area contributed by atoms with Crippen molar-refractivity contribution in [2.45, 2.75) is 44.8 Å². The van der Waals surface area contributed by atoms with Crippen LogP contribution >= 0.6 is 0 Å². The zero-order valence-corrected chi connectivity index (χ0v) is 12.1. The molecule has 1 unspecified atom stereocenters. The van der Waals surface area contributed by atoms with E-state index in [4.69, 9.17) is 9.84 Å². The van der Waals surface area contributed by atoms with Gasteiger partial charge in [0.25, 0.3) is 5.60 Å². The number of carboxylic acids is 1. The first-order valence-electron chi connectivity index (χ1n) is 6.04. The van der Waals surface area contributed by atoms with Gasteiger partial charge in [-0.3, -0.25) is 0 Å². The van der Waals surface area contributed by atoms with E-state index in [1.807, 2.05) is 0 Å². The molecule has 0 bridgehead atoms. The summed E-state index contributed by atoms with van der Waals surface area (Å²) in [5.41, 5.74) is -3.25. The van der Waals surface area contributed by atoms with Gasteiger partial charge in [0.15, 0.2) is 0 Å². The zero-order chi connectivity index (χ0) is 16.0. The van der Waals surface area contributed by atoms with Crippen molar-refractivity contribution in [1.29, 1.82) is 0 Å². The Morgan fingerprint density at radius 3 is 2.15 bits per heavy atom. The molecule has 0 rings (SSSR count). The van der Waals surface area contributed by atoms with Gasteiger partial charge in [-0.25, -0.2) is 14.4 Å². The molecule has 0 spiro atoms. The van der Waals surface area contributed by atoms with E-state index in [9.17, 15) is 19.5 Å². The number of nitrogens with one attached hydrogen (secondary N) is 1. The molecule has 8 nitrogen and oxygen atoms in total. The number of methoxy groups -OCH3 is 1. The van der Waals surface area contributed by atoms with Gasteiger partial charge < -0.3 is 25.0 Å². The maximum absolute atomic E-state index is 11.3. The second-order valence-corrected chi connectivity index (χ2v) is 5.19. The van der Waals surface area contributed by atoms with E-state index < -0.39 is 29.2 Å². The highest BCUT2D eigenvalue weighted by Crippen LogP contribution is 2.15. The van der Waals surface area contributed by atoms with Gasteiger partial charge in [0, 0.05) is 6.54 Å². The molecule has 116 valence electrons. The van der Waals surface area contributed by atoms with Crippen LogP contribution in [0.5, 0.6) is 0 Å². The molecule has 0 aromatic heterocycles. The first kappa shape index (κ1) is 18.2. The molecule has 3 N–H and O–H groups in total. The summed E-state index contributed by atoms with van der Waals surface area (Å²) in [5.74, 6) is -2.94. The van der Waals surface area contributed by atoms with Crippen LogP contribution in [0.25, 0.3) is 0 Å². The second kappa shape index (κ2) is 7.09. The van der Waals surface area contributed by atoms with Crippen molar-refractivity contribution in [2.24, 2.45) is 0 Å². The molecule has 1 atom stereocenters. The standard InChI is InChI=1S/C12H21NO7/c1-11(2,3)20-10(17)13-7-5-6-12(18,8(14)15)9(16)19-4/h18H,5-7H2,1-4H3,(H,13,17)(H,14,15). The molecule has 0 saturated carbocycles. The van der Waals surface area contributed by atoms with E-state index in [2.05, 4.69) is 10.1 Å². The number of carbonyl (C=O) groups excluding carboxylic acids is 2. The number of amides is 1. The summed E-state index contributed by atoms with van der Waals surface area (Å²) in [7, 11) is 0.981. The normalized spacial score (nSPS) is 14.1. The topological polar surface area (TPSA) is 122 Å².